The Balaban J connectivity index is 1.23. The highest BCUT2D eigenvalue weighted by Crippen LogP contribution is 2.23. The number of amides is 1. The monoisotopic (exact) mass is 410 g/mol. The van der Waals surface area contributed by atoms with E-state index in [2.05, 4.69) is 15.1 Å². The van der Waals surface area contributed by atoms with E-state index < -0.39 is 0 Å². The van der Waals surface area contributed by atoms with E-state index in [0.717, 1.165) is 43.1 Å². The third-order valence-electron chi connectivity index (χ3n) is 5.77. The van der Waals surface area contributed by atoms with Crippen LogP contribution in [0.1, 0.15) is 37.7 Å². The van der Waals surface area contributed by atoms with Crippen LogP contribution in [0.25, 0.3) is 0 Å². The third kappa shape index (κ3) is 5.40. The van der Waals surface area contributed by atoms with Gasteiger partial charge in [-0.2, -0.15) is 0 Å². The molecular weight excluding hydrogens is 380 g/mol. The summed E-state index contributed by atoms with van der Waals surface area (Å²) in [4.78, 5) is 16.5. The van der Waals surface area contributed by atoms with E-state index in [-0.39, 0.29) is 18.6 Å². The first-order valence-corrected chi connectivity index (χ1v) is 10.9. The van der Waals surface area contributed by atoms with Gasteiger partial charge in [0.15, 0.2) is 12.4 Å². The molecule has 0 bridgehead atoms. The number of hydrogen-bond donors (Lipinski definition) is 0. The van der Waals surface area contributed by atoms with Crippen LogP contribution >= 0.6 is 0 Å². The van der Waals surface area contributed by atoms with Gasteiger partial charge >= 0.3 is 0 Å². The van der Waals surface area contributed by atoms with E-state index in [1.165, 1.54) is 19.3 Å². The van der Waals surface area contributed by atoms with E-state index in [1.807, 2.05) is 48.2 Å². The number of ether oxygens (including phenoxy) is 2. The number of anilines is 1. The highest BCUT2D eigenvalue weighted by atomic mass is 16.5. The Morgan fingerprint density at radius 2 is 1.83 bits per heavy atom. The van der Waals surface area contributed by atoms with Crippen molar-refractivity contribution in [2.24, 2.45) is 0 Å². The summed E-state index contributed by atoms with van der Waals surface area (Å²) >= 11 is 0. The lowest BCUT2D eigenvalue weighted by Crippen LogP contribution is -2.50. The lowest BCUT2D eigenvalue weighted by molar-refractivity contribution is -0.133. The second-order valence-electron chi connectivity index (χ2n) is 8.08. The van der Waals surface area contributed by atoms with Gasteiger partial charge in [-0.3, -0.25) is 4.79 Å². The number of rotatable bonds is 6. The summed E-state index contributed by atoms with van der Waals surface area (Å²) in [5.41, 5.74) is 1.12. The van der Waals surface area contributed by atoms with Crippen molar-refractivity contribution in [3.05, 3.63) is 42.0 Å². The Morgan fingerprint density at radius 1 is 1.03 bits per heavy atom. The van der Waals surface area contributed by atoms with E-state index in [1.54, 1.807) is 0 Å². The van der Waals surface area contributed by atoms with Crippen molar-refractivity contribution in [3.8, 4) is 11.6 Å². The number of aromatic nitrogens is 2. The van der Waals surface area contributed by atoms with Gasteiger partial charge in [-0.05, 0) is 56.4 Å². The van der Waals surface area contributed by atoms with Crippen molar-refractivity contribution >= 4 is 11.7 Å². The molecule has 2 aliphatic rings. The maximum Gasteiger partial charge on any atom is 0.260 e. The van der Waals surface area contributed by atoms with Crippen LogP contribution in [0.4, 0.5) is 5.82 Å². The number of aryl methyl sites for hydroxylation is 1. The number of piperazine rings is 1. The molecule has 0 N–H and O–H groups in total. The highest BCUT2D eigenvalue weighted by Gasteiger charge is 2.23. The number of benzene rings is 1. The van der Waals surface area contributed by atoms with Crippen LogP contribution in [0, 0.1) is 6.92 Å². The second kappa shape index (κ2) is 9.78. The molecule has 7 heteroatoms. The standard InChI is InChI=1S/C23H30N4O3/c1-18-6-5-9-20(16-18)29-17-23(28)27-14-12-26(13-15-27)21-10-11-22(25-24-21)30-19-7-3-2-4-8-19/h5-6,9-11,16,19H,2-4,7-8,12-15,17H2,1H3. The summed E-state index contributed by atoms with van der Waals surface area (Å²) in [5.74, 6) is 2.17. The SMILES string of the molecule is Cc1cccc(OCC(=O)N2CCN(c3ccc(OC4CCCCC4)nn3)CC2)c1. The molecule has 0 atom stereocenters. The molecule has 2 fully saturated rings. The van der Waals surface area contributed by atoms with Crippen molar-refractivity contribution in [2.45, 2.75) is 45.1 Å². The fourth-order valence-corrected chi connectivity index (χ4v) is 4.02. The summed E-state index contributed by atoms with van der Waals surface area (Å²) in [5, 5.41) is 8.60. The summed E-state index contributed by atoms with van der Waals surface area (Å²) in [6.07, 6.45) is 6.25. The average Bonchev–Trinajstić information content (AvgIpc) is 2.79. The molecule has 1 aromatic heterocycles. The van der Waals surface area contributed by atoms with Crippen LogP contribution in [-0.2, 0) is 4.79 Å². The van der Waals surface area contributed by atoms with Gasteiger partial charge in [0.2, 0.25) is 5.88 Å². The summed E-state index contributed by atoms with van der Waals surface area (Å²) in [7, 11) is 0. The molecule has 0 radical (unpaired) electrons. The Morgan fingerprint density at radius 3 is 2.53 bits per heavy atom. The van der Waals surface area contributed by atoms with E-state index >= 15 is 0 Å². The van der Waals surface area contributed by atoms with Crippen molar-refractivity contribution in [1.29, 1.82) is 0 Å². The predicted molar refractivity (Wildman–Crippen MR) is 115 cm³/mol. The van der Waals surface area contributed by atoms with Crippen molar-refractivity contribution in [2.75, 3.05) is 37.7 Å². The first kappa shape index (κ1) is 20.4. The minimum absolute atomic E-state index is 0.0125. The van der Waals surface area contributed by atoms with E-state index in [9.17, 15) is 4.79 Å². The molecule has 30 heavy (non-hydrogen) atoms. The molecule has 0 spiro atoms. The minimum atomic E-state index is 0.0125. The predicted octanol–water partition coefficient (Wildman–Crippen LogP) is 3.22. The molecule has 4 rings (SSSR count). The van der Waals surface area contributed by atoms with Gasteiger partial charge in [0.25, 0.3) is 5.91 Å². The van der Waals surface area contributed by atoms with Crippen molar-refractivity contribution in [1.82, 2.24) is 15.1 Å². The van der Waals surface area contributed by atoms with Crippen molar-refractivity contribution in [3.63, 3.8) is 0 Å². The molecule has 160 valence electrons. The molecule has 1 amide bonds. The topological polar surface area (TPSA) is 67.8 Å². The summed E-state index contributed by atoms with van der Waals surface area (Å²) < 4.78 is 11.6. The second-order valence-corrected chi connectivity index (χ2v) is 8.08. The summed E-state index contributed by atoms with van der Waals surface area (Å²) in [6.45, 7) is 4.83. The molecular formula is C23H30N4O3. The van der Waals surface area contributed by atoms with Gasteiger partial charge in [-0.15, -0.1) is 10.2 Å². The van der Waals surface area contributed by atoms with E-state index in [0.29, 0.717) is 19.0 Å². The molecule has 1 aromatic carbocycles. The molecule has 7 nitrogen and oxygen atoms in total. The fourth-order valence-electron chi connectivity index (χ4n) is 4.02. The molecule has 0 unspecified atom stereocenters. The minimum Gasteiger partial charge on any atom is -0.484 e. The molecule has 1 aliphatic carbocycles. The maximum absolute atomic E-state index is 12.5. The number of nitrogens with zero attached hydrogens (tertiary/aromatic N) is 4. The van der Waals surface area contributed by atoms with Gasteiger partial charge in [0.1, 0.15) is 11.9 Å². The summed E-state index contributed by atoms with van der Waals surface area (Å²) in [6, 6.07) is 11.6. The molecule has 1 saturated heterocycles. The number of hydrogen-bond acceptors (Lipinski definition) is 6. The normalized spacial score (nSPS) is 17.6. The zero-order valence-corrected chi connectivity index (χ0v) is 17.6. The zero-order chi connectivity index (χ0) is 20.8. The van der Waals surface area contributed by atoms with E-state index in [4.69, 9.17) is 9.47 Å². The average molecular weight is 411 g/mol. The lowest BCUT2D eigenvalue weighted by Gasteiger charge is -2.35. The maximum atomic E-state index is 12.5. The Bertz CT molecular complexity index is 829. The zero-order valence-electron chi connectivity index (χ0n) is 17.6. The van der Waals surface area contributed by atoms with Gasteiger partial charge in [-0.1, -0.05) is 18.6 Å². The molecule has 1 saturated carbocycles. The highest BCUT2D eigenvalue weighted by molar-refractivity contribution is 5.78. The van der Waals surface area contributed by atoms with Crippen LogP contribution in [0.3, 0.4) is 0 Å². The van der Waals surface area contributed by atoms with Gasteiger partial charge in [-0.25, -0.2) is 0 Å². The largest absolute Gasteiger partial charge is 0.484 e. The van der Waals surface area contributed by atoms with Crippen LogP contribution in [-0.4, -0.2) is 59.9 Å². The smallest absolute Gasteiger partial charge is 0.260 e. The Hall–Kier alpha value is -2.83. The molecule has 2 aromatic rings. The van der Waals surface area contributed by atoms with Crippen molar-refractivity contribution < 1.29 is 14.3 Å². The Labute approximate surface area is 178 Å². The number of carbonyl (C=O) groups is 1. The van der Waals surface area contributed by atoms with Gasteiger partial charge < -0.3 is 19.3 Å². The van der Waals surface area contributed by atoms with Crippen LogP contribution < -0.4 is 14.4 Å². The first-order valence-electron chi connectivity index (χ1n) is 10.9. The third-order valence-corrected chi connectivity index (χ3v) is 5.77. The van der Waals surface area contributed by atoms with Gasteiger partial charge in [0, 0.05) is 32.2 Å². The van der Waals surface area contributed by atoms with Crippen LogP contribution in [0.2, 0.25) is 0 Å². The van der Waals surface area contributed by atoms with Crippen LogP contribution in [0.5, 0.6) is 11.6 Å². The van der Waals surface area contributed by atoms with Crippen LogP contribution in [0.15, 0.2) is 36.4 Å². The lowest BCUT2D eigenvalue weighted by atomic mass is 9.98. The number of carbonyl (C=O) groups excluding carboxylic acids is 1. The Kier molecular flexibility index (Phi) is 6.67. The fraction of sp³-hybridized carbons (Fsp3) is 0.522. The molecule has 1 aliphatic heterocycles. The van der Waals surface area contributed by atoms with Gasteiger partial charge in [0.05, 0.1) is 0 Å². The first-order chi connectivity index (χ1) is 14.7. The molecule has 2 heterocycles. The quantitative estimate of drug-likeness (QED) is 0.728.